The molecule has 1 fully saturated rings. The van der Waals surface area contributed by atoms with Gasteiger partial charge in [-0.1, -0.05) is 0 Å². The predicted molar refractivity (Wildman–Crippen MR) is 119 cm³/mol. The third-order valence-corrected chi connectivity index (χ3v) is 6.11. The van der Waals surface area contributed by atoms with Crippen LogP contribution in [0.25, 0.3) is 0 Å². The van der Waals surface area contributed by atoms with E-state index in [0.717, 1.165) is 45.7 Å². The molecule has 1 saturated heterocycles. The summed E-state index contributed by atoms with van der Waals surface area (Å²) in [6, 6.07) is 0. The molecule has 0 radical (unpaired) electrons. The van der Waals surface area contributed by atoms with Crippen LogP contribution in [0.3, 0.4) is 0 Å². The lowest BCUT2D eigenvalue weighted by Crippen LogP contribution is -2.37. The third-order valence-electron chi connectivity index (χ3n) is 4.65. The van der Waals surface area contributed by atoms with Gasteiger partial charge < -0.3 is 18.9 Å². The summed E-state index contributed by atoms with van der Waals surface area (Å²) in [6.07, 6.45) is 1.57. The minimum absolute atomic E-state index is 0.0899. The molecule has 0 N–H and O–H groups in total. The van der Waals surface area contributed by atoms with Gasteiger partial charge in [0.15, 0.2) is 0 Å². The Morgan fingerprint density at radius 1 is 1.10 bits per heavy atom. The number of carbonyl (C=O) groups excluding carboxylic acids is 4. The van der Waals surface area contributed by atoms with Gasteiger partial charge in [-0.25, -0.2) is 4.79 Å². The van der Waals surface area contributed by atoms with Crippen molar-refractivity contribution >= 4 is 47.4 Å². The molecule has 11 heteroatoms. The number of Topliss-reactive ketones (excluding diaryl/α,β-unsaturated/α-hetero) is 1. The first-order chi connectivity index (χ1) is 14.7. The number of rotatable bonds is 13. The fourth-order valence-electron chi connectivity index (χ4n) is 2.70. The molecule has 0 saturated carbocycles. The summed E-state index contributed by atoms with van der Waals surface area (Å²) in [7, 11) is 0. The van der Waals surface area contributed by atoms with Crippen LogP contribution in [0.1, 0.15) is 40.0 Å². The van der Waals surface area contributed by atoms with Crippen molar-refractivity contribution in [3.8, 4) is 0 Å². The molecular formula is C20H33NO8S2. The van der Waals surface area contributed by atoms with Crippen molar-refractivity contribution in [3.05, 3.63) is 0 Å². The standard InChI is InChI=1S/C20H33NO8S2/c1-15(22)28-14-29-19(25)31-20(2,3)17(23)12-16(13-30)18(24)27-9-5-4-6-21-7-10-26-11-8-21/h16,30H,4-14H2,1-3H3/t16-/m0/s1. The fourth-order valence-corrected chi connectivity index (χ4v) is 3.70. The number of ketones is 1. The van der Waals surface area contributed by atoms with Crippen LogP contribution >= 0.6 is 24.4 Å². The monoisotopic (exact) mass is 479 g/mol. The SMILES string of the molecule is CC(=O)OCOC(=O)SC(C)(C)C(=O)C[C@@H](CS)C(=O)OCCCCN1CCOCC1. The lowest BCUT2D eigenvalue weighted by atomic mass is 9.97. The third kappa shape index (κ3) is 11.8. The number of nitrogens with zero attached hydrogens (tertiary/aromatic N) is 1. The summed E-state index contributed by atoms with van der Waals surface area (Å²) in [5.74, 6) is -1.87. The van der Waals surface area contributed by atoms with Crippen LogP contribution in [0.4, 0.5) is 4.79 Å². The summed E-state index contributed by atoms with van der Waals surface area (Å²) >= 11 is 4.85. The van der Waals surface area contributed by atoms with Crippen LogP contribution in [0, 0.1) is 5.92 Å². The number of carbonyl (C=O) groups is 4. The normalized spacial score (nSPS) is 15.7. The number of unbranched alkanes of at least 4 members (excludes halogenated alkanes) is 1. The lowest BCUT2D eigenvalue weighted by Gasteiger charge is -2.26. The van der Waals surface area contributed by atoms with Crippen LogP contribution in [0.5, 0.6) is 0 Å². The minimum Gasteiger partial charge on any atom is -0.465 e. The summed E-state index contributed by atoms with van der Waals surface area (Å²) in [4.78, 5) is 49.8. The highest BCUT2D eigenvalue weighted by Gasteiger charge is 2.35. The molecule has 0 amide bonds. The molecule has 0 aromatic carbocycles. The average Bonchev–Trinajstić information content (AvgIpc) is 2.71. The molecule has 0 unspecified atom stereocenters. The predicted octanol–water partition coefficient (Wildman–Crippen LogP) is 2.32. The largest absolute Gasteiger partial charge is 0.465 e. The first kappa shape index (κ1) is 27.7. The molecule has 1 rings (SSSR count). The maximum atomic E-state index is 12.6. The molecule has 178 valence electrons. The molecule has 0 aromatic rings. The molecule has 1 aliphatic heterocycles. The average molecular weight is 480 g/mol. The van der Waals surface area contributed by atoms with Crippen LogP contribution in [0.15, 0.2) is 0 Å². The van der Waals surface area contributed by atoms with Crippen LogP contribution in [-0.2, 0) is 33.3 Å². The first-order valence-corrected chi connectivity index (χ1v) is 11.7. The van der Waals surface area contributed by atoms with E-state index in [4.69, 9.17) is 14.2 Å². The van der Waals surface area contributed by atoms with E-state index in [1.54, 1.807) is 13.8 Å². The van der Waals surface area contributed by atoms with Gasteiger partial charge >= 0.3 is 17.2 Å². The summed E-state index contributed by atoms with van der Waals surface area (Å²) in [5, 5.41) is -0.745. The van der Waals surface area contributed by atoms with E-state index in [9.17, 15) is 19.2 Å². The summed E-state index contributed by atoms with van der Waals surface area (Å²) < 4.78 is 18.8. The lowest BCUT2D eigenvalue weighted by molar-refractivity contribution is -0.149. The Labute approximate surface area is 193 Å². The van der Waals surface area contributed by atoms with E-state index in [1.807, 2.05) is 0 Å². The van der Waals surface area contributed by atoms with Gasteiger partial charge in [-0.15, -0.1) is 0 Å². The van der Waals surface area contributed by atoms with Gasteiger partial charge in [0.05, 0.1) is 30.5 Å². The number of morpholine rings is 1. The second-order valence-corrected chi connectivity index (χ2v) is 9.52. The zero-order valence-electron chi connectivity index (χ0n) is 18.4. The Balaban J connectivity index is 2.33. The van der Waals surface area contributed by atoms with E-state index in [0.29, 0.717) is 18.4 Å². The highest BCUT2D eigenvalue weighted by molar-refractivity contribution is 8.15. The molecule has 1 aliphatic rings. The van der Waals surface area contributed by atoms with Crippen molar-refractivity contribution in [2.24, 2.45) is 5.92 Å². The van der Waals surface area contributed by atoms with E-state index in [-0.39, 0.29) is 18.0 Å². The number of thiol groups is 1. The molecular weight excluding hydrogens is 446 g/mol. The number of esters is 2. The van der Waals surface area contributed by atoms with Crippen molar-refractivity contribution in [2.45, 2.75) is 44.8 Å². The van der Waals surface area contributed by atoms with E-state index in [1.165, 1.54) is 6.92 Å². The van der Waals surface area contributed by atoms with Gasteiger partial charge in [-0.2, -0.15) is 12.6 Å². The summed E-state index contributed by atoms with van der Waals surface area (Å²) in [5.41, 5.74) is 0. The number of hydrogen-bond acceptors (Lipinski definition) is 11. The van der Waals surface area contributed by atoms with Gasteiger partial charge in [0.25, 0.3) is 0 Å². The first-order valence-electron chi connectivity index (χ1n) is 10.3. The molecule has 1 atom stereocenters. The zero-order chi connectivity index (χ0) is 23.3. The van der Waals surface area contributed by atoms with Crippen molar-refractivity contribution in [1.29, 1.82) is 0 Å². The maximum Gasteiger partial charge on any atom is 0.371 e. The van der Waals surface area contributed by atoms with Crippen molar-refractivity contribution < 1.29 is 38.1 Å². The number of thioether (sulfide) groups is 1. The quantitative estimate of drug-likeness (QED) is 0.183. The molecule has 31 heavy (non-hydrogen) atoms. The fraction of sp³-hybridized carbons (Fsp3) is 0.800. The van der Waals surface area contributed by atoms with Crippen LogP contribution in [0.2, 0.25) is 0 Å². The Kier molecular flexibility index (Phi) is 13.2. The second kappa shape index (κ2) is 14.7. The molecule has 0 aromatic heterocycles. The molecule has 1 heterocycles. The van der Waals surface area contributed by atoms with Crippen molar-refractivity contribution in [1.82, 2.24) is 4.90 Å². The van der Waals surface area contributed by atoms with Crippen molar-refractivity contribution in [2.75, 3.05) is 52.0 Å². The van der Waals surface area contributed by atoms with E-state index in [2.05, 4.69) is 22.3 Å². The molecule has 0 spiro atoms. The number of ether oxygens (including phenoxy) is 4. The smallest absolute Gasteiger partial charge is 0.371 e. The Hall–Kier alpha value is -1.30. The maximum absolute atomic E-state index is 12.6. The Bertz CT molecular complexity index is 608. The van der Waals surface area contributed by atoms with E-state index < -0.39 is 34.7 Å². The number of hydrogen-bond donors (Lipinski definition) is 1. The molecule has 0 aliphatic carbocycles. The van der Waals surface area contributed by atoms with Crippen molar-refractivity contribution in [3.63, 3.8) is 0 Å². The highest BCUT2D eigenvalue weighted by Crippen LogP contribution is 2.30. The van der Waals surface area contributed by atoms with Gasteiger partial charge in [-0.3, -0.25) is 19.3 Å². The van der Waals surface area contributed by atoms with Crippen LogP contribution < -0.4 is 0 Å². The molecule has 9 nitrogen and oxygen atoms in total. The van der Waals surface area contributed by atoms with Gasteiger partial charge in [0.1, 0.15) is 5.78 Å². The Morgan fingerprint density at radius 2 is 1.77 bits per heavy atom. The molecule has 0 bridgehead atoms. The topological polar surface area (TPSA) is 108 Å². The second-order valence-electron chi connectivity index (χ2n) is 7.60. The van der Waals surface area contributed by atoms with Gasteiger partial charge in [0, 0.05) is 32.2 Å². The summed E-state index contributed by atoms with van der Waals surface area (Å²) in [6.45, 7) is 8.41. The van der Waals surface area contributed by atoms with E-state index >= 15 is 0 Å². The van der Waals surface area contributed by atoms with Gasteiger partial charge in [0.2, 0.25) is 6.79 Å². The van der Waals surface area contributed by atoms with Gasteiger partial charge in [-0.05, 0) is 45.0 Å². The minimum atomic E-state index is -1.12. The Morgan fingerprint density at radius 3 is 2.39 bits per heavy atom. The van der Waals surface area contributed by atoms with Crippen LogP contribution in [-0.4, -0.2) is 84.7 Å². The zero-order valence-corrected chi connectivity index (χ0v) is 20.1. The highest BCUT2D eigenvalue weighted by atomic mass is 32.2.